The normalized spacial score (nSPS) is 12.4. The van der Waals surface area contributed by atoms with Crippen LogP contribution < -0.4 is 4.90 Å². The molecule has 0 saturated carbocycles. The van der Waals surface area contributed by atoms with E-state index in [1.165, 1.54) is 0 Å². The van der Waals surface area contributed by atoms with Gasteiger partial charge in [0.05, 0.1) is 34.6 Å². The molecule has 0 fully saturated rings. The van der Waals surface area contributed by atoms with Crippen molar-refractivity contribution in [1.82, 2.24) is 4.98 Å². The molecular formula is C13H15ClN2OS. The minimum Gasteiger partial charge on any atom is -0.389 e. The van der Waals surface area contributed by atoms with Gasteiger partial charge in [-0.15, -0.1) is 11.3 Å². The maximum atomic E-state index is 9.50. The van der Waals surface area contributed by atoms with E-state index in [2.05, 4.69) is 4.98 Å². The molecule has 18 heavy (non-hydrogen) atoms. The van der Waals surface area contributed by atoms with Crippen LogP contribution in [0.25, 0.3) is 0 Å². The highest BCUT2D eigenvalue weighted by molar-refractivity contribution is 7.07. The molecule has 1 atom stereocenters. The molecule has 96 valence electrons. The van der Waals surface area contributed by atoms with Gasteiger partial charge in [-0.1, -0.05) is 17.7 Å². The van der Waals surface area contributed by atoms with Crippen molar-refractivity contribution in [2.75, 3.05) is 11.9 Å². The van der Waals surface area contributed by atoms with Crippen LogP contribution in [0.5, 0.6) is 0 Å². The third-order valence-electron chi connectivity index (χ3n) is 2.75. The lowest BCUT2D eigenvalue weighted by Gasteiger charge is -2.20. The summed E-state index contributed by atoms with van der Waals surface area (Å²) in [6.45, 7) is 2.45. The summed E-state index contributed by atoms with van der Waals surface area (Å²) in [7, 11) is 1.97. The number of aliphatic hydroxyl groups is 1. The van der Waals surface area contributed by atoms with E-state index in [-0.39, 0.29) is 0 Å². The number of aliphatic hydroxyl groups excluding tert-OH is 1. The zero-order valence-corrected chi connectivity index (χ0v) is 11.9. The summed E-state index contributed by atoms with van der Waals surface area (Å²) in [5.41, 5.74) is 4.61. The van der Waals surface area contributed by atoms with Crippen LogP contribution in [0, 0.1) is 0 Å². The van der Waals surface area contributed by atoms with Crippen LogP contribution in [-0.4, -0.2) is 17.1 Å². The number of benzene rings is 1. The van der Waals surface area contributed by atoms with Gasteiger partial charge in [0.2, 0.25) is 0 Å². The molecule has 0 amide bonds. The number of aromatic nitrogens is 1. The van der Waals surface area contributed by atoms with Gasteiger partial charge in [-0.05, 0) is 24.6 Å². The zero-order valence-electron chi connectivity index (χ0n) is 10.3. The van der Waals surface area contributed by atoms with Crippen LogP contribution in [-0.2, 0) is 6.54 Å². The average molecular weight is 283 g/mol. The van der Waals surface area contributed by atoms with Crippen molar-refractivity contribution in [3.05, 3.63) is 45.4 Å². The van der Waals surface area contributed by atoms with Gasteiger partial charge in [0, 0.05) is 12.4 Å². The second-order valence-corrected chi connectivity index (χ2v) is 5.35. The molecule has 0 aliphatic carbocycles. The molecule has 5 heteroatoms. The fraction of sp³-hybridized carbons (Fsp3) is 0.308. The summed E-state index contributed by atoms with van der Waals surface area (Å²) < 4.78 is 0. The lowest BCUT2D eigenvalue weighted by molar-refractivity contribution is 0.199. The third kappa shape index (κ3) is 3.02. The number of hydrogen-bond donors (Lipinski definition) is 1. The van der Waals surface area contributed by atoms with Crippen LogP contribution in [0.3, 0.4) is 0 Å². The highest BCUT2D eigenvalue weighted by Gasteiger charge is 2.10. The van der Waals surface area contributed by atoms with Crippen LogP contribution in [0.4, 0.5) is 5.69 Å². The van der Waals surface area contributed by atoms with Crippen LogP contribution >= 0.6 is 22.9 Å². The summed E-state index contributed by atoms with van der Waals surface area (Å²) in [5, 5.41) is 12.2. The van der Waals surface area contributed by atoms with Gasteiger partial charge in [0.15, 0.2) is 0 Å². The minimum absolute atomic E-state index is 0.500. The molecule has 0 saturated heterocycles. The highest BCUT2D eigenvalue weighted by atomic mass is 35.5. The first-order valence-corrected chi connectivity index (χ1v) is 6.95. The van der Waals surface area contributed by atoms with Crippen molar-refractivity contribution in [3.8, 4) is 0 Å². The van der Waals surface area contributed by atoms with Gasteiger partial charge in [0.25, 0.3) is 0 Å². The standard InChI is InChI=1S/C13H15ClN2OS/c1-9(17)10-3-4-13(12(14)5-10)16(2)6-11-7-18-8-15-11/h3-5,7-9,17H,6H2,1-2H3/t9-/m1/s1. The summed E-state index contributed by atoms with van der Waals surface area (Å²) in [6.07, 6.45) is -0.500. The number of hydrogen-bond acceptors (Lipinski definition) is 4. The Hall–Kier alpha value is -1.10. The average Bonchev–Trinajstić information content (AvgIpc) is 2.81. The van der Waals surface area contributed by atoms with E-state index in [0.29, 0.717) is 5.02 Å². The number of nitrogens with zero attached hydrogens (tertiary/aromatic N) is 2. The third-order valence-corrected chi connectivity index (χ3v) is 3.69. The van der Waals surface area contributed by atoms with Gasteiger partial charge in [0.1, 0.15) is 0 Å². The van der Waals surface area contributed by atoms with Crippen LogP contribution in [0.1, 0.15) is 24.3 Å². The Morgan fingerprint density at radius 3 is 2.83 bits per heavy atom. The Morgan fingerprint density at radius 2 is 2.28 bits per heavy atom. The molecule has 0 radical (unpaired) electrons. The molecular weight excluding hydrogens is 268 g/mol. The predicted molar refractivity (Wildman–Crippen MR) is 76.3 cm³/mol. The smallest absolute Gasteiger partial charge is 0.0795 e. The first-order valence-electron chi connectivity index (χ1n) is 5.63. The Bertz CT molecular complexity index is 514. The van der Waals surface area contributed by atoms with Crippen molar-refractivity contribution >= 4 is 28.6 Å². The van der Waals surface area contributed by atoms with E-state index in [1.807, 2.05) is 35.0 Å². The summed E-state index contributed by atoms with van der Waals surface area (Å²) in [4.78, 5) is 6.30. The predicted octanol–water partition coefficient (Wildman–Crippen LogP) is 3.49. The molecule has 1 N–H and O–H groups in total. The first kappa shape index (κ1) is 13.3. The van der Waals surface area contributed by atoms with Gasteiger partial charge >= 0.3 is 0 Å². The molecule has 2 rings (SSSR count). The second kappa shape index (κ2) is 5.69. The van der Waals surface area contributed by atoms with Crippen molar-refractivity contribution < 1.29 is 5.11 Å². The molecule has 0 aliphatic rings. The number of thiazole rings is 1. The van der Waals surface area contributed by atoms with Crippen LogP contribution in [0.15, 0.2) is 29.1 Å². The summed E-state index contributed by atoms with van der Waals surface area (Å²) in [6, 6.07) is 5.62. The summed E-state index contributed by atoms with van der Waals surface area (Å²) >= 11 is 7.82. The van der Waals surface area contributed by atoms with E-state index in [9.17, 15) is 5.11 Å². The molecule has 0 unspecified atom stereocenters. The van der Waals surface area contributed by atoms with Gasteiger partial charge in [-0.3, -0.25) is 0 Å². The first-order chi connectivity index (χ1) is 8.58. The fourth-order valence-electron chi connectivity index (χ4n) is 1.74. The van der Waals surface area contributed by atoms with Gasteiger partial charge < -0.3 is 10.0 Å². The highest BCUT2D eigenvalue weighted by Crippen LogP contribution is 2.29. The van der Waals surface area contributed by atoms with Gasteiger partial charge in [-0.2, -0.15) is 0 Å². The Morgan fingerprint density at radius 1 is 1.50 bits per heavy atom. The Labute approximate surface area is 116 Å². The molecule has 0 spiro atoms. The Kier molecular flexibility index (Phi) is 4.22. The largest absolute Gasteiger partial charge is 0.389 e. The minimum atomic E-state index is -0.500. The van der Waals surface area contributed by atoms with E-state index >= 15 is 0 Å². The topological polar surface area (TPSA) is 36.4 Å². The molecule has 0 aliphatic heterocycles. The Balaban J connectivity index is 2.17. The quantitative estimate of drug-likeness (QED) is 0.933. The van der Waals surface area contributed by atoms with Crippen molar-refractivity contribution in [2.45, 2.75) is 19.6 Å². The number of halogens is 1. The molecule has 1 aromatic carbocycles. The zero-order chi connectivity index (χ0) is 13.1. The number of anilines is 1. The fourth-order valence-corrected chi connectivity index (χ4v) is 2.62. The van der Waals surface area contributed by atoms with Crippen molar-refractivity contribution in [2.24, 2.45) is 0 Å². The lowest BCUT2D eigenvalue weighted by atomic mass is 10.1. The van der Waals surface area contributed by atoms with Crippen LogP contribution in [0.2, 0.25) is 5.02 Å². The monoisotopic (exact) mass is 282 g/mol. The molecule has 3 nitrogen and oxygen atoms in total. The van der Waals surface area contributed by atoms with Gasteiger partial charge in [-0.25, -0.2) is 4.98 Å². The summed E-state index contributed by atoms with van der Waals surface area (Å²) in [5.74, 6) is 0. The van der Waals surface area contributed by atoms with E-state index in [1.54, 1.807) is 24.3 Å². The lowest BCUT2D eigenvalue weighted by Crippen LogP contribution is -2.17. The molecule has 0 bridgehead atoms. The van der Waals surface area contributed by atoms with Crippen molar-refractivity contribution in [1.29, 1.82) is 0 Å². The SMILES string of the molecule is C[C@@H](O)c1ccc(N(C)Cc2cscn2)c(Cl)c1. The molecule has 2 aromatic rings. The van der Waals surface area contributed by atoms with E-state index < -0.39 is 6.10 Å². The maximum Gasteiger partial charge on any atom is 0.0795 e. The second-order valence-electron chi connectivity index (χ2n) is 4.22. The van der Waals surface area contributed by atoms with Crippen molar-refractivity contribution in [3.63, 3.8) is 0 Å². The van der Waals surface area contributed by atoms with E-state index in [0.717, 1.165) is 23.5 Å². The molecule has 1 heterocycles. The molecule has 1 aromatic heterocycles. The maximum absolute atomic E-state index is 9.50. The number of rotatable bonds is 4. The van der Waals surface area contributed by atoms with E-state index in [4.69, 9.17) is 11.6 Å².